The fourth-order valence-corrected chi connectivity index (χ4v) is 2.86. The molecule has 0 heterocycles. The van der Waals surface area contributed by atoms with Crippen LogP contribution in [0.1, 0.15) is 78.1 Å². The fourth-order valence-electron chi connectivity index (χ4n) is 2.86. The highest BCUT2D eigenvalue weighted by atomic mass is 14.2. The Labute approximate surface area is 127 Å². The molecule has 114 valence electrons. The van der Waals surface area contributed by atoms with E-state index in [1.54, 1.807) is 0 Å². The van der Waals surface area contributed by atoms with Gasteiger partial charge in [-0.05, 0) is 44.4 Å². The molecule has 0 spiro atoms. The number of unbranched alkanes of at least 4 members (excludes halogenated alkanes) is 6. The Morgan fingerprint density at radius 3 is 2.20 bits per heavy atom. The van der Waals surface area contributed by atoms with Gasteiger partial charge in [0.25, 0.3) is 0 Å². The van der Waals surface area contributed by atoms with Crippen molar-refractivity contribution in [3.05, 3.63) is 36.5 Å². The Bertz CT molecular complexity index is 295. The molecule has 0 amide bonds. The molecule has 1 rings (SSSR count). The summed E-state index contributed by atoms with van der Waals surface area (Å²) in [6, 6.07) is 0. The minimum atomic E-state index is 0.646. The molecule has 1 aliphatic rings. The van der Waals surface area contributed by atoms with Crippen molar-refractivity contribution in [2.45, 2.75) is 78.1 Å². The molecule has 0 aromatic rings. The van der Waals surface area contributed by atoms with E-state index in [1.807, 2.05) is 0 Å². The van der Waals surface area contributed by atoms with Crippen LogP contribution in [0, 0.1) is 11.8 Å². The molecular weight excluding hydrogens is 240 g/mol. The molecule has 0 nitrogen and oxygen atoms in total. The zero-order chi connectivity index (χ0) is 14.5. The lowest BCUT2D eigenvalue weighted by atomic mass is 9.83. The normalized spacial score (nSPS) is 23.1. The Balaban J connectivity index is 2.33. The highest BCUT2D eigenvalue weighted by molar-refractivity contribution is 5.11. The van der Waals surface area contributed by atoms with E-state index in [-0.39, 0.29) is 0 Å². The van der Waals surface area contributed by atoms with Crippen LogP contribution in [0.4, 0.5) is 0 Å². The van der Waals surface area contributed by atoms with Crippen LogP contribution in [0.2, 0.25) is 0 Å². The summed E-state index contributed by atoms with van der Waals surface area (Å²) in [5, 5.41) is 0. The second kappa shape index (κ2) is 12.0. The predicted molar refractivity (Wildman–Crippen MR) is 91.9 cm³/mol. The molecule has 2 unspecified atom stereocenters. The van der Waals surface area contributed by atoms with E-state index in [0.29, 0.717) is 5.92 Å². The van der Waals surface area contributed by atoms with Gasteiger partial charge in [-0.2, -0.15) is 0 Å². The largest absolute Gasteiger partial charge is 0.0882 e. The van der Waals surface area contributed by atoms with Crippen LogP contribution in [-0.4, -0.2) is 0 Å². The highest BCUT2D eigenvalue weighted by Crippen LogP contribution is 2.27. The van der Waals surface area contributed by atoms with E-state index in [2.05, 4.69) is 50.3 Å². The lowest BCUT2D eigenvalue weighted by Gasteiger charge is -2.22. The Morgan fingerprint density at radius 2 is 1.55 bits per heavy atom. The molecular formula is C20H34. The van der Waals surface area contributed by atoms with E-state index in [4.69, 9.17) is 0 Å². The maximum atomic E-state index is 2.49. The maximum absolute atomic E-state index is 2.49. The van der Waals surface area contributed by atoms with Crippen LogP contribution in [0.15, 0.2) is 36.5 Å². The van der Waals surface area contributed by atoms with E-state index >= 15 is 0 Å². The Hall–Kier alpha value is -0.780. The molecule has 0 aliphatic heterocycles. The number of hydrogen-bond donors (Lipinski definition) is 0. The zero-order valence-electron chi connectivity index (χ0n) is 13.7. The van der Waals surface area contributed by atoms with Crippen molar-refractivity contribution in [2.75, 3.05) is 0 Å². The minimum absolute atomic E-state index is 0.646. The average molecular weight is 274 g/mol. The number of allylic oxidation sites excluding steroid dienone is 6. The molecule has 1 aliphatic carbocycles. The van der Waals surface area contributed by atoms with Crippen molar-refractivity contribution >= 4 is 0 Å². The molecule has 0 saturated carbocycles. The molecule has 2 atom stereocenters. The second-order valence-corrected chi connectivity index (χ2v) is 6.09. The van der Waals surface area contributed by atoms with E-state index < -0.39 is 0 Å². The fraction of sp³-hybridized carbons (Fsp3) is 0.700. The highest BCUT2D eigenvalue weighted by Gasteiger charge is 2.16. The average Bonchev–Trinajstić information content (AvgIpc) is 2.48. The van der Waals surface area contributed by atoms with Gasteiger partial charge in [0.05, 0.1) is 0 Å². The van der Waals surface area contributed by atoms with Gasteiger partial charge >= 0.3 is 0 Å². The van der Waals surface area contributed by atoms with E-state index in [0.717, 1.165) is 5.92 Å². The van der Waals surface area contributed by atoms with Crippen LogP contribution in [-0.2, 0) is 0 Å². The molecule has 0 aromatic carbocycles. The monoisotopic (exact) mass is 274 g/mol. The standard InChI is InChI=1S/C20H34/c1-3-5-7-9-11-15-19-17-13-14-18-20(19)16-12-10-8-6-4-2/h11-13,15-17,19-20H,3-10,14,18H2,1-2H3. The number of rotatable bonds is 10. The summed E-state index contributed by atoms with van der Waals surface area (Å²) in [6.45, 7) is 4.54. The van der Waals surface area contributed by atoms with Gasteiger partial charge in [-0.25, -0.2) is 0 Å². The summed E-state index contributed by atoms with van der Waals surface area (Å²) in [6.07, 6.45) is 27.7. The SMILES string of the molecule is CCCCCC=CC1C=CCCC1C=CCCCCC. The summed E-state index contributed by atoms with van der Waals surface area (Å²) in [4.78, 5) is 0. The Morgan fingerprint density at radius 1 is 0.900 bits per heavy atom. The van der Waals surface area contributed by atoms with Crippen molar-refractivity contribution in [1.82, 2.24) is 0 Å². The summed E-state index contributed by atoms with van der Waals surface area (Å²) in [5.41, 5.74) is 0. The Kier molecular flexibility index (Phi) is 10.4. The molecule has 20 heavy (non-hydrogen) atoms. The van der Waals surface area contributed by atoms with Crippen LogP contribution in [0.25, 0.3) is 0 Å². The van der Waals surface area contributed by atoms with Crippen molar-refractivity contribution < 1.29 is 0 Å². The molecule has 0 aromatic heterocycles. The first-order valence-corrected chi connectivity index (χ1v) is 8.88. The first-order chi connectivity index (χ1) is 9.88. The summed E-state index contributed by atoms with van der Waals surface area (Å²) in [5.74, 6) is 1.39. The van der Waals surface area contributed by atoms with Gasteiger partial charge in [0.15, 0.2) is 0 Å². The van der Waals surface area contributed by atoms with Crippen molar-refractivity contribution in [3.8, 4) is 0 Å². The van der Waals surface area contributed by atoms with E-state index in [1.165, 1.54) is 64.2 Å². The summed E-state index contributed by atoms with van der Waals surface area (Å²) < 4.78 is 0. The number of hydrogen-bond acceptors (Lipinski definition) is 0. The van der Waals surface area contributed by atoms with Crippen molar-refractivity contribution in [2.24, 2.45) is 11.8 Å². The topological polar surface area (TPSA) is 0 Å². The zero-order valence-corrected chi connectivity index (χ0v) is 13.7. The quantitative estimate of drug-likeness (QED) is 0.302. The molecule has 0 fully saturated rings. The van der Waals surface area contributed by atoms with Crippen molar-refractivity contribution in [3.63, 3.8) is 0 Å². The lowest BCUT2D eigenvalue weighted by Crippen LogP contribution is -2.11. The molecule has 0 heteroatoms. The van der Waals surface area contributed by atoms with Gasteiger partial charge in [0.1, 0.15) is 0 Å². The van der Waals surface area contributed by atoms with Crippen LogP contribution < -0.4 is 0 Å². The summed E-state index contributed by atoms with van der Waals surface area (Å²) >= 11 is 0. The summed E-state index contributed by atoms with van der Waals surface area (Å²) in [7, 11) is 0. The van der Waals surface area contributed by atoms with Crippen LogP contribution in [0.3, 0.4) is 0 Å². The molecule has 0 radical (unpaired) electrons. The maximum Gasteiger partial charge on any atom is 0.000947 e. The van der Waals surface area contributed by atoms with Gasteiger partial charge in [-0.15, -0.1) is 0 Å². The smallest absolute Gasteiger partial charge is 0.000947 e. The van der Waals surface area contributed by atoms with Gasteiger partial charge in [0, 0.05) is 5.92 Å². The van der Waals surface area contributed by atoms with Gasteiger partial charge in [0.2, 0.25) is 0 Å². The third-order valence-corrected chi connectivity index (χ3v) is 4.21. The van der Waals surface area contributed by atoms with E-state index in [9.17, 15) is 0 Å². The third-order valence-electron chi connectivity index (χ3n) is 4.21. The first kappa shape index (κ1) is 17.3. The predicted octanol–water partition coefficient (Wildman–Crippen LogP) is 6.84. The minimum Gasteiger partial charge on any atom is -0.0882 e. The van der Waals surface area contributed by atoms with Gasteiger partial charge < -0.3 is 0 Å². The molecule has 0 N–H and O–H groups in total. The molecule has 0 bridgehead atoms. The van der Waals surface area contributed by atoms with Crippen LogP contribution >= 0.6 is 0 Å². The van der Waals surface area contributed by atoms with Crippen LogP contribution in [0.5, 0.6) is 0 Å². The van der Waals surface area contributed by atoms with Gasteiger partial charge in [-0.3, -0.25) is 0 Å². The third kappa shape index (κ3) is 7.72. The second-order valence-electron chi connectivity index (χ2n) is 6.09. The lowest BCUT2D eigenvalue weighted by molar-refractivity contribution is 0.493. The van der Waals surface area contributed by atoms with Crippen molar-refractivity contribution in [1.29, 1.82) is 0 Å². The van der Waals surface area contributed by atoms with Gasteiger partial charge in [-0.1, -0.05) is 76.0 Å². The first-order valence-electron chi connectivity index (χ1n) is 8.88. The molecule has 0 saturated heterocycles.